The Labute approximate surface area is 152 Å². The van der Waals surface area contributed by atoms with Crippen LogP contribution in [0.5, 0.6) is 0 Å². The average Bonchev–Trinajstić information content (AvgIpc) is 2.93. The van der Waals surface area contributed by atoms with Crippen molar-refractivity contribution in [3.8, 4) is 0 Å². The number of guanidine groups is 1. The zero-order chi connectivity index (χ0) is 18.2. The summed E-state index contributed by atoms with van der Waals surface area (Å²) in [6.45, 7) is 7.91. The zero-order valence-corrected chi connectivity index (χ0v) is 16.0. The van der Waals surface area contributed by atoms with E-state index < -0.39 is 0 Å². The molecule has 3 N–H and O–H groups in total. The minimum Gasteiger partial charge on any atom is -0.352 e. The van der Waals surface area contributed by atoms with Gasteiger partial charge in [0.05, 0.1) is 12.2 Å². The summed E-state index contributed by atoms with van der Waals surface area (Å²) in [5.74, 6) is 0.673. The first-order valence-electron chi connectivity index (χ1n) is 8.28. The van der Waals surface area contributed by atoms with Gasteiger partial charge in [0.25, 0.3) is 5.91 Å². The summed E-state index contributed by atoms with van der Waals surface area (Å²) in [6.07, 6.45) is 0. The molecular weight excluding hydrogens is 334 g/mol. The number of nitrogens with zero attached hydrogens (tertiary/aromatic N) is 2. The number of amides is 1. The smallest absolute Gasteiger partial charge is 0.251 e. The molecule has 2 rings (SSSR count). The Kier molecular flexibility index (Phi) is 6.94. The molecule has 6 nitrogen and oxygen atoms in total. The average molecular weight is 359 g/mol. The van der Waals surface area contributed by atoms with Gasteiger partial charge in [0, 0.05) is 30.6 Å². The van der Waals surface area contributed by atoms with Crippen molar-refractivity contribution in [2.45, 2.75) is 33.9 Å². The van der Waals surface area contributed by atoms with Gasteiger partial charge in [-0.3, -0.25) is 9.79 Å². The van der Waals surface area contributed by atoms with Gasteiger partial charge in [-0.2, -0.15) is 0 Å². The van der Waals surface area contributed by atoms with Crippen molar-refractivity contribution >= 4 is 23.2 Å². The number of aliphatic imine (C=N–C) groups is 1. The molecule has 1 aromatic heterocycles. The lowest BCUT2D eigenvalue weighted by Gasteiger charge is -2.11. The van der Waals surface area contributed by atoms with Crippen LogP contribution in [0.25, 0.3) is 0 Å². The standard InChI is InChI=1S/C18H25N5OS/c1-5-20-17(24)15-8-6-14(7-9-15)10-21-18(19-4)22-11-16-23-12(2)13(3)25-16/h6-9H,5,10-11H2,1-4H3,(H,20,24)(H2,19,21,22). The molecule has 0 aliphatic rings. The molecule has 25 heavy (non-hydrogen) atoms. The van der Waals surface area contributed by atoms with Gasteiger partial charge in [-0.25, -0.2) is 4.98 Å². The van der Waals surface area contributed by atoms with E-state index in [-0.39, 0.29) is 5.91 Å². The first kappa shape index (κ1) is 18.9. The van der Waals surface area contributed by atoms with Gasteiger partial charge in [0.15, 0.2) is 5.96 Å². The Morgan fingerprint density at radius 3 is 2.36 bits per heavy atom. The number of aromatic nitrogens is 1. The highest BCUT2D eigenvalue weighted by atomic mass is 32.1. The minimum atomic E-state index is -0.0477. The van der Waals surface area contributed by atoms with E-state index in [1.54, 1.807) is 18.4 Å². The predicted octanol–water partition coefficient (Wildman–Crippen LogP) is 2.37. The molecule has 0 atom stereocenters. The second-order valence-electron chi connectivity index (χ2n) is 5.58. The third-order valence-corrected chi connectivity index (χ3v) is 4.79. The number of thiazole rings is 1. The van der Waals surface area contributed by atoms with E-state index in [1.165, 1.54) is 4.88 Å². The maximum absolute atomic E-state index is 11.8. The van der Waals surface area contributed by atoms with Crippen molar-refractivity contribution in [3.63, 3.8) is 0 Å². The number of carbonyl (C=O) groups excluding carboxylic acids is 1. The molecular formula is C18H25N5OS. The van der Waals surface area contributed by atoms with Gasteiger partial charge in [-0.15, -0.1) is 11.3 Å². The summed E-state index contributed by atoms with van der Waals surface area (Å²) in [5.41, 5.74) is 2.83. The van der Waals surface area contributed by atoms with Crippen LogP contribution in [0.4, 0.5) is 0 Å². The van der Waals surface area contributed by atoms with Gasteiger partial charge in [-0.1, -0.05) is 12.1 Å². The number of carbonyl (C=O) groups is 1. The van der Waals surface area contributed by atoms with Crippen LogP contribution in [0.3, 0.4) is 0 Å². The molecule has 0 saturated carbocycles. The number of nitrogens with one attached hydrogen (secondary N) is 3. The van der Waals surface area contributed by atoms with Crippen LogP contribution < -0.4 is 16.0 Å². The van der Waals surface area contributed by atoms with Gasteiger partial charge in [-0.05, 0) is 38.5 Å². The van der Waals surface area contributed by atoms with E-state index in [1.807, 2.05) is 38.1 Å². The van der Waals surface area contributed by atoms with Gasteiger partial charge in [0.1, 0.15) is 5.01 Å². The Morgan fingerprint density at radius 2 is 1.80 bits per heavy atom. The van der Waals surface area contributed by atoms with E-state index in [2.05, 4.69) is 32.9 Å². The number of aryl methyl sites for hydroxylation is 2. The highest BCUT2D eigenvalue weighted by Gasteiger charge is 2.06. The summed E-state index contributed by atoms with van der Waals surface area (Å²) < 4.78 is 0. The fourth-order valence-electron chi connectivity index (χ4n) is 2.22. The van der Waals surface area contributed by atoms with Crippen LogP contribution >= 0.6 is 11.3 Å². The topological polar surface area (TPSA) is 78.4 Å². The maximum Gasteiger partial charge on any atom is 0.251 e. The second-order valence-corrected chi connectivity index (χ2v) is 6.87. The molecule has 0 spiro atoms. The summed E-state index contributed by atoms with van der Waals surface area (Å²) in [6, 6.07) is 7.55. The Hall–Kier alpha value is -2.41. The molecule has 7 heteroatoms. The fourth-order valence-corrected chi connectivity index (χ4v) is 3.09. The molecule has 0 radical (unpaired) electrons. The summed E-state index contributed by atoms with van der Waals surface area (Å²) in [7, 11) is 1.74. The van der Waals surface area contributed by atoms with Crippen molar-refractivity contribution in [1.29, 1.82) is 0 Å². The molecule has 0 saturated heterocycles. The van der Waals surface area contributed by atoms with Crippen LogP contribution in [0.1, 0.15) is 38.4 Å². The van der Waals surface area contributed by atoms with Gasteiger partial charge in [0.2, 0.25) is 0 Å². The van der Waals surface area contributed by atoms with Crippen molar-refractivity contribution in [1.82, 2.24) is 20.9 Å². The number of benzene rings is 1. The van der Waals surface area contributed by atoms with Crippen LogP contribution in [0.2, 0.25) is 0 Å². The normalized spacial score (nSPS) is 11.3. The van der Waals surface area contributed by atoms with Crippen molar-refractivity contribution < 1.29 is 4.79 Å². The summed E-state index contributed by atoms with van der Waals surface area (Å²) >= 11 is 1.70. The van der Waals surface area contributed by atoms with E-state index >= 15 is 0 Å². The van der Waals surface area contributed by atoms with Gasteiger partial charge < -0.3 is 16.0 Å². The molecule has 0 aliphatic heterocycles. The SMILES string of the molecule is CCNC(=O)c1ccc(CNC(=NC)NCc2nc(C)c(C)s2)cc1. The number of hydrogen-bond acceptors (Lipinski definition) is 4. The lowest BCUT2D eigenvalue weighted by Crippen LogP contribution is -2.36. The lowest BCUT2D eigenvalue weighted by atomic mass is 10.1. The Balaban J connectivity index is 1.84. The van der Waals surface area contributed by atoms with E-state index in [0.29, 0.717) is 25.2 Å². The molecule has 0 bridgehead atoms. The molecule has 1 amide bonds. The number of rotatable bonds is 6. The molecule has 0 unspecified atom stereocenters. The minimum absolute atomic E-state index is 0.0477. The monoisotopic (exact) mass is 359 g/mol. The van der Waals surface area contributed by atoms with Crippen molar-refractivity contribution in [2.75, 3.05) is 13.6 Å². The molecule has 1 aromatic carbocycles. The Morgan fingerprint density at radius 1 is 1.12 bits per heavy atom. The molecule has 2 aromatic rings. The molecule has 1 heterocycles. The second kappa shape index (κ2) is 9.17. The van der Waals surface area contributed by atoms with Crippen LogP contribution in [0, 0.1) is 13.8 Å². The van der Waals surface area contributed by atoms with E-state index in [0.717, 1.165) is 22.2 Å². The fraction of sp³-hybridized carbons (Fsp3) is 0.389. The van der Waals surface area contributed by atoms with Crippen molar-refractivity contribution in [3.05, 3.63) is 51.0 Å². The van der Waals surface area contributed by atoms with Gasteiger partial charge >= 0.3 is 0 Å². The molecule has 0 aliphatic carbocycles. The van der Waals surface area contributed by atoms with Crippen LogP contribution in [-0.4, -0.2) is 30.4 Å². The zero-order valence-electron chi connectivity index (χ0n) is 15.1. The quantitative estimate of drug-likeness (QED) is 0.547. The Bertz CT molecular complexity index is 717. The first-order valence-corrected chi connectivity index (χ1v) is 9.09. The first-order chi connectivity index (χ1) is 12.0. The number of hydrogen-bond donors (Lipinski definition) is 3. The maximum atomic E-state index is 11.8. The summed E-state index contributed by atoms with van der Waals surface area (Å²) in [4.78, 5) is 21.7. The highest BCUT2D eigenvalue weighted by Crippen LogP contribution is 2.15. The van der Waals surface area contributed by atoms with E-state index in [9.17, 15) is 4.79 Å². The van der Waals surface area contributed by atoms with Crippen LogP contribution in [-0.2, 0) is 13.1 Å². The largest absolute Gasteiger partial charge is 0.352 e. The highest BCUT2D eigenvalue weighted by molar-refractivity contribution is 7.11. The lowest BCUT2D eigenvalue weighted by molar-refractivity contribution is 0.0956. The third-order valence-electron chi connectivity index (χ3n) is 3.72. The summed E-state index contributed by atoms with van der Waals surface area (Å²) in [5, 5.41) is 10.4. The third kappa shape index (κ3) is 5.56. The van der Waals surface area contributed by atoms with Crippen LogP contribution in [0.15, 0.2) is 29.3 Å². The molecule has 134 valence electrons. The predicted molar refractivity (Wildman–Crippen MR) is 103 cm³/mol. The van der Waals surface area contributed by atoms with E-state index in [4.69, 9.17) is 0 Å². The van der Waals surface area contributed by atoms with Crippen molar-refractivity contribution in [2.24, 2.45) is 4.99 Å². The molecule has 0 fully saturated rings.